The van der Waals surface area contributed by atoms with Gasteiger partial charge < -0.3 is 15.5 Å². The SMILES string of the molecule is O=C1CCC(c2ccccc2)CCNC(=O)CN(C(=O)c2cccnc2)CCCN1. The molecule has 7 nitrogen and oxygen atoms in total. The van der Waals surface area contributed by atoms with Crippen molar-refractivity contribution in [3.8, 4) is 0 Å². The summed E-state index contributed by atoms with van der Waals surface area (Å²) in [5.74, 6) is -0.213. The Labute approximate surface area is 176 Å². The fourth-order valence-corrected chi connectivity index (χ4v) is 3.63. The number of amides is 3. The lowest BCUT2D eigenvalue weighted by atomic mass is 9.91. The number of hydrogen-bond acceptors (Lipinski definition) is 4. The van der Waals surface area contributed by atoms with Crippen molar-refractivity contribution in [2.75, 3.05) is 26.2 Å². The average Bonchev–Trinajstić information content (AvgIpc) is 2.78. The molecule has 2 heterocycles. The maximum atomic E-state index is 12.8. The Balaban J connectivity index is 1.68. The number of pyridine rings is 1. The summed E-state index contributed by atoms with van der Waals surface area (Å²) in [6, 6.07) is 13.4. The third-order valence-electron chi connectivity index (χ3n) is 5.26. The quantitative estimate of drug-likeness (QED) is 0.796. The van der Waals surface area contributed by atoms with Crippen LogP contribution in [0.15, 0.2) is 54.9 Å². The zero-order valence-corrected chi connectivity index (χ0v) is 17.0. The smallest absolute Gasteiger partial charge is 0.255 e. The molecule has 0 aliphatic carbocycles. The first-order chi connectivity index (χ1) is 14.6. The van der Waals surface area contributed by atoms with Crippen LogP contribution >= 0.6 is 0 Å². The maximum Gasteiger partial charge on any atom is 0.255 e. The Morgan fingerprint density at radius 1 is 0.967 bits per heavy atom. The summed E-state index contributed by atoms with van der Waals surface area (Å²) < 4.78 is 0. The molecule has 2 N–H and O–H groups in total. The van der Waals surface area contributed by atoms with Crippen molar-refractivity contribution in [2.45, 2.75) is 31.6 Å². The van der Waals surface area contributed by atoms with Crippen LogP contribution < -0.4 is 10.6 Å². The largest absolute Gasteiger partial charge is 0.356 e. The molecular formula is C23H28N4O3. The lowest BCUT2D eigenvalue weighted by molar-refractivity contribution is -0.123. The van der Waals surface area contributed by atoms with E-state index >= 15 is 0 Å². The molecule has 1 aromatic heterocycles. The molecule has 1 saturated heterocycles. The molecule has 30 heavy (non-hydrogen) atoms. The van der Waals surface area contributed by atoms with Crippen molar-refractivity contribution in [3.63, 3.8) is 0 Å². The molecule has 1 atom stereocenters. The molecule has 0 radical (unpaired) electrons. The standard InChI is InChI=1S/C23H28N4O3/c28-21-10-9-19(18-6-2-1-3-7-18)11-14-26-22(29)17-27(15-5-13-25-21)23(30)20-8-4-12-24-16-20/h1-4,6-8,12,16,19H,5,9-11,13-15,17H2,(H,25,28)(H,26,29). The van der Waals surface area contributed by atoms with Crippen LogP contribution in [0.2, 0.25) is 0 Å². The van der Waals surface area contributed by atoms with Gasteiger partial charge >= 0.3 is 0 Å². The van der Waals surface area contributed by atoms with Gasteiger partial charge in [0.25, 0.3) is 5.91 Å². The molecule has 0 saturated carbocycles. The first-order valence-corrected chi connectivity index (χ1v) is 10.4. The number of carbonyl (C=O) groups is 3. The van der Waals surface area contributed by atoms with E-state index in [2.05, 4.69) is 27.8 Å². The van der Waals surface area contributed by atoms with Crippen molar-refractivity contribution in [1.82, 2.24) is 20.5 Å². The fourth-order valence-electron chi connectivity index (χ4n) is 3.63. The predicted molar refractivity (Wildman–Crippen MR) is 114 cm³/mol. The highest BCUT2D eigenvalue weighted by atomic mass is 16.2. The van der Waals surface area contributed by atoms with Crippen molar-refractivity contribution >= 4 is 17.7 Å². The summed E-state index contributed by atoms with van der Waals surface area (Å²) in [5, 5.41) is 5.86. The molecule has 7 heteroatoms. The highest BCUT2D eigenvalue weighted by Crippen LogP contribution is 2.24. The van der Waals surface area contributed by atoms with Crippen molar-refractivity contribution in [1.29, 1.82) is 0 Å². The van der Waals surface area contributed by atoms with E-state index in [1.54, 1.807) is 18.3 Å². The number of rotatable bonds is 2. The van der Waals surface area contributed by atoms with Gasteiger partial charge in [-0.2, -0.15) is 0 Å². The van der Waals surface area contributed by atoms with E-state index in [1.807, 2.05) is 18.2 Å². The van der Waals surface area contributed by atoms with Gasteiger partial charge in [0.2, 0.25) is 11.8 Å². The molecule has 1 aromatic carbocycles. The second-order valence-electron chi connectivity index (χ2n) is 7.46. The number of carbonyl (C=O) groups excluding carboxylic acids is 3. The van der Waals surface area contributed by atoms with Crippen LogP contribution in [-0.2, 0) is 9.59 Å². The van der Waals surface area contributed by atoms with Gasteiger partial charge in [-0.15, -0.1) is 0 Å². The van der Waals surface area contributed by atoms with E-state index in [4.69, 9.17) is 0 Å². The zero-order valence-electron chi connectivity index (χ0n) is 17.0. The Morgan fingerprint density at radius 3 is 2.53 bits per heavy atom. The Hall–Kier alpha value is -3.22. The molecular weight excluding hydrogens is 380 g/mol. The van der Waals surface area contributed by atoms with Gasteiger partial charge in [0.05, 0.1) is 12.1 Å². The van der Waals surface area contributed by atoms with E-state index in [0.29, 0.717) is 38.0 Å². The molecule has 3 rings (SSSR count). The zero-order chi connectivity index (χ0) is 21.2. The monoisotopic (exact) mass is 408 g/mol. The lowest BCUT2D eigenvalue weighted by Crippen LogP contribution is -2.42. The minimum absolute atomic E-state index is 0.0159. The number of nitrogens with zero attached hydrogens (tertiary/aromatic N) is 2. The predicted octanol–water partition coefficient (Wildman–Crippen LogP) is 2.11. The Morgan fingerprint density at radius 2 is 1.77 bits per heavy atom. The topological polar surface area (TPSA) is 91.4 Å². The van der Waals surface area contributed by atoms with Crippen LogP contribution in [0, 0.1) is 0 Å². The van der Waals surface area contributed by atoms with Crippen LogP contribution in [-0.4, -0.2) is 53.8 Å². The van der Waals surface area contributed by atoms with Crippen LogP contribution in [0.4, 0.5) is 0 Å². The van der Waals surface area contributed by atoms with E-state index in [9.17, 15) is 14.4 Å². The van der Waals surface area contributed by atoms with Crippen LogP contribution in [0.25, 0.3) is 0 Å². The second kappa shape index (κ2) is 11.1. The van der Waals surface area contributed by atoms with Crippen molar-refractivity contribution in [3.05, 3.63) is 66.0 Å². The third-order valence-corrected chi connectivity index (χ3v) is 5.26. The molecule has 1 aliphatic heterocycles. The summed E-state index contributed by atoms with van der Waals surface area (Å²) >= 11 is 0. The minimum atomic E-state index is -0.237. The van der Waals surface area contributed by atoms with Gasteiger partial charge in [-0.05, 0) is 42.9 Å². The van der Waals surface area contributed by atoms with Crippen LogP contribution in [0.3, 0.4) is 0 Å². The highest BCUT2D eigenvalue weighted by Gasteiger charge is 2.20. The Kier molecular flexibility index (Phi) is 7.94. The van der Waals surface area contributed by atoms with Gasteiger partial charge in [-0.25, -0.2) is 0 Å². The molecule has 1 fully saturated rings. The number of aromatic nitrogens is 1. The molecule has 0 bridgehead atoms. The molecule has 158 valence electrons. The van der Waals surface area contributed by atoms with E-state index in [0.717, 1.165) is 12.8 Å². The van der Waals surface area contributed by atoms with Crippen molar-refractivity contribution in [2.24, 2.45) is 0 Å². The van der Waals surface area contributed by atoms with E-state index in [-0.39, 0.29) is 30.2 Å². The number of nitrogens with one attached hydrogen (secondary N) is 2. The summed E-state index contributed by atoms with van der Waals surface area (Å²) in [6.07, 6.45) is 5.58. The summed E-state index contributed by atoms with van der Waals surface area (Å²) in [4.78, 5) is 43.1. The van der Waals surface area contributed by atoms with E-state index in [1.165, 1.54) is 16.7 Å². The summed E-state index contributed by atoms with van der Waals surface area (Å²) in [6.45, 7) is 1.33. The van der Waals surface area contributed by atoms with Gasteiger partial charge in [-0.1, -0.05) is 30.3 Å². The van der Waals surface area contributed by atoms with Crippen LogP contribution in [0.5, 0.6) is 0 Å². The van der Waals surface area contributed by atoms with Gasteiger partial charge in [0, 0.05) is 38.4 Å². The van der Waals surface area contributed by atoms with Gasteiger partial charge in [0.15, 0.2) is 0 Å². The molecule has 3 amide bonds. The molecule has 2 aromatic rings. The van der Waals surface area contributed by atoms with E-state index < -0.39 is 0 Å². The average molecular weight is 409 g/mol. The molecule has 1 unspecified atom stereocenters. The van der Waals surface area contributed by atoms with Crippen LogP contribution in [0.1, 0.15) is 47.5 Å². The Bertz CT molecular complexity index is 842. The fraction of sp³-hybridized carbons (Fsp3) is 0.391. The third kappa shape index (κ3) is 6.40. The lowest BCUT2D eigenvalue weighted by Gasteiger charge is -2.24. The first-order valence-electron chi connectivity index (χ1n) is 10.4. The number of benzene rings is 1. The minimum Gasteiger partial charge on any atom is -0.356 e. The molecule has 1 aliphatic rings. The number of hydrogen-bond donors (Lipinski definition) is 2. The summed E-state index contributed by atoms with van der Waals surface area (Å²) in [7, 11) is 0. The second-order valence-corrected chi connectivity index (χ2v) is 7.46. The first kappa shape index (κ1) is 21.5. The van der Waals surface area contributed by atoms with Crippen molar-refractivity contribution < 1.29 is 14.4 Å². The summed E-state index contributed by atoms with van der Waals surface area (Å²) in [5.41, 5.74) is 1.61. The highest BCUT2D eigenvalue weighted by molar-refractivity contribution is 5.96. The maximum absolute atomic E-state index is 12.8. The normalized spacial score (nSPS) is 19.3. The molecule has 0 spiro atoms. The van der Waals surface area contributed by atoms with Gasteiger partial charge in [0.1, 0.15) is 0 Å². The van der Waals surface area contributed by atoms with Gasteiger partial charge in [-0.3, -0.25) is 19.4 Å².